The topological polar surface area (TPSA) is 72.1 Å². The quantitative estimate of drug-likeness (QED) is 0.526. The third kappa shape index (κ3) is 3.29. The van der Waals surface area contributed by atoms with Gasteiger partial charge >= 0.3 is 0 Å². The normalized spacial score (nSPS) is 18.2. The number of hydrogen-bond acceptors (Lipinski definition) is 4. The van der Waals surface area contributed by atoms with E-state index in [0.29, 0.717) is 11.0 Å². The molecule has 5 nitrogen and oxygen atoms in total. The lowest BCUT2D eigenvalue weighted by molar-refractivity contribution is 0.100. The van der Waals surface area contributed by atoms with Gasteiger partial charge in [-0.2, -0.15) is 0 Å². The van der Waals surface area contributed by atoms with Gasteiger partial charge in [0.2, 0.25) is 5.28 Å². The van der Waals surface area contributed by atoms with Crippen LogP contribution in [-0.4, -0.2) is 29.0 Å². The maximum Gasteiger partial charge on any atom is 0.250 e. The summed E-state index contributed by atoms with van der Waals surface area (Å²) in [5.41, 5.74) is 10.1. The van der Waals surface area contributed by atoms with Crippen LogP contribution in [0.4, 0.5) is 5.69 Å². The second kappa shape index (κ2) is 6.64. The Bertz CT molecular complexity index is 867. The van der Waals surface area contributed by atoms with E-state index >= 15 is 0 Å². The van der Waals surface area contributed by atoms with Crippen molar-refractivity contribution in [3.8, 4) is 11.3 Å². The number of rotatable bonds is 3. The summed E-state index contributed by atoms with van der Waals surface area (Å²) in [4.78, 5) is 23.1. The maximum absolute atomic E-state index is 12.2. The molecule has 0 atom stereocenters. The highest BCUT2D eigenvalue weighted by Gasteiger charge is 2.45. The highest BCUT2D eigenvalue weighted by molar-refractivity contribution is 14.1. The average molecular weight is 483 g/mol. The molecule has 1 spiro atoms. The molecule has 2 aliphatic rings. The van der Waals surface area contributed by atoms with Crippen molar-refractivity contribution in [2.24, 2.45) is 11.1 Å². The molecule has 1 aliphatic carbocycles. The zero-order chi connectivity index (χ0) is 18.5. The molecule has 0 bridgehead atoms. The molecule has 1 saturated carbocycles. The molecular weight excluding hydrogens is 463 g/mol. The summed E-state index contributed by atoms with van der Waals surface area (Å²) in [5, 5.41) is 0.210. The number of carbonyl (C=O) groups excluding carboxylic acids is 1. The Morgan fingerprint density at radius 2 is 1.92 bits per heavy atom. The smallest absolute Gasteiger partial charge is 0.250 e. The number of amides is 1. The third-order valence-electron chi connectivity index (χ3n) is 5.57. The minimum Gasteiger partial charge on any atom is -0.370 e. The van der Waals surface area contributed by atoms with Gasteiger partial charge in [0.25, 0.3) is 5.91 Å². The van der Waals surface area contributed by atoms with E-state index in [1.165, 1.54) is 25.7 Å². The first-order chi connectivity index (χ1) is 12.4. The largest absolute Gasteiger partial charge is 0.370 e. The van der Waals surface area contributed by atoms with Gasteiger partial charge in [0.1, 0.15) is 0 Å². The van der Waals surface area contributed by atoms with Crippen LogP contribution in [0.1, 0.15) is 41.7 Å². The minimum absolute atomic E-state index is 0.210. The molecule has 1 saturated heterocycles. The first kappa shape index (κ1) is 18.0. The Morgan fingerprint density at radius 1 is 1.23 bits per heavy atom. The minimum atomic E-state index is -0.416. The lowest BCUT2D eigenvalue weighted by atomic mass is 9.92. The van der Waals surface area contributed by atoms with Crippen LogP contribution < -0.4 is 10.6 Å². The number of aromatic nitrogens is 2. The van der Waals surface area contributed by atoms with Crippen molar-refractivity contribution in [1.29, 1.82) is 0 Å². The molecule has 2 aromatic rings. The number of nitrogens with two attached hydrogens (primary N) is 1. The number of piperidine rings is 1. The number of aryl methyl sites for hydroxylation is 1. The van der Waals surface area contributed by atoms with E-state index in [4.69, 9.17) is 17.3 Å². The van der Waals surface area contributed by atoms with Gasteiger partial charge in [-0.3, -0.25) is 4.79 Å². The van der Waals surface area contributed by atoms with Gasteiger partial charge in [0.15, 0.2) is 0 Å². The van der Waals surface area contributed by atoms with E-state index in [-0.39, 0.29) is 5.28 Å². The molecule has 7 heteroatoms. The Balaban J connectivity index is 1.86. The zero-order valence-corrected chi connectivity index (χ0v) is 17.5. The van der Waals surface area contributed by atoms with Crippen molar-refractivity contribution < 1.29 is 4.79 Å². The molecule has 1 amide bonds. The molecule has 1 aliphatic heterocycles. The zero-order valence-electron chi connectivity index (χ0n) is 14.6. The van der Waals surface area contributed by atoms with Gasteiger partial charge in [0.05, 0.1) is 16.9 Å². The van der Waals surface area contributed by atoms with E-state index in [0.717, 1.165) is 39.3 Å². The monoisotopic (exact) mass is 482 g/mol. The number of primary amides is 1. The number of halogens is 2. The average Bonchev–Trinajstić information content (AvgIpc) is 3.33. The third-order valence-corrected chi connectivity index (χ3v) is 6.64. The van der Waals surface area contributed by atoms with E-state index in [2.05, 4.69) is 37.5 Å². The van der Waals surface area contributed by atoms with Crippen molar-refractivity contribution in [3.05, 3.63) is 38.3 Å². The van der Waals surface area contributed by atoms with Gasteiger partial charge in [-0.1, -0.05) is 0 Å². The highest BCUT2D eigenvalue weighted by Crippen LogP contribution is 2.54. The molecule has 2 N–H and O–H groups in total. The first-order valence-electron chi connectivity index (χ1n) is 8.77. The molecule has 136 valence electrons. The van der Waals surface area contributed by atoms with E-state index < -0.39 is 5.91 Å². The predicted octanol–water partition coefficient (Wildman–Crippen LogP) is 4.19. The van der Waals surface area contributed by atoms with Crippen LogP contribution in [-0.2, 0) is 0 Å². The number of anilines is 1. The summed E-state index contributed by atoms with van der Waals surface area (Å²) < 4.78 is 1.02. The predicted molar refractivity (Wildman–Crippen MR) is 112 cm³/mol. The lowest BCUT2D eigenvalue weighted by Crippen LogP contribution is -2.36. The molecule has 1 aromatic heterocycles. The van der Waals surface area contributed by atoms with Gasteiger partial charge in [0, 0.05) is 27.9 Å². The fourth-order valence-electron chi connectivity index (χ4n) is 3.88. The van der Waals surface area contributed by atoms with Crippen molar-refractivity contribution >= 4 is 45.8 Å². The Morgan fingerprint density at radius 3 is 2.50 bits per heavy atom. The number of nitrogens with zero attached hydrogens (tertiary/aromatic N) is 3. The Hall–Kier alpha value is -1.41. The fraction of sp³-hybridized carbons (Fsp3) is 0.421. The number of hydrogen-bond donors (Lipinski definition) is 1. The van der Waals surface area contributed by atoms with Crippen LogP contribution in [0.15, 0.2) is 18.2 Å². The molecule has 1 aromatic carbocycles. The van der Waals surface area contributed by atoms with Crippen LogP contribution in [0.25, 0.3) is 11.3 Å². The van der Waals surface area contributed by atoms with Gasteiger partial charge < -0.3 is 10.6 Å². The summed E-state index contributed by atoms with van der Waals surface area (Å²) >= 11 is 8.39. The van der Waals surface area contributed by atoms with Crippen molar-refractivity contribution in [2.45, 2.75) is 32.6 Å². The molecule has 0 radical (unpaired) electrons. The van der Waals surface area contributed by atoms with Crippen molar-refractivity contribution in [3.63, 3.8) is 0 Å². The second-order valence-electron chi connectivity index (χ2n) is 7.33. The summed E-state index contributed by atoms with van der Waals surface area (Å²) in [7, 11) is 0. The molecule has 4 rings (SSSR count). The van der Waals surface area contributed by atoms with Crippen molar-refractivity contribution in [2.75, 3.05) is 18.0 Å². The first-order valence-corrected chi connectivity index (χ1v) is 10.2. The van der Waals surface area contributed by atoms with Crippen LogP contribution in [0.5, 0.6) is 0 Å². The van der Waals surface area contributed by atoms with E-state index in [1.807, 2.05) is 25.1 Å². The Labute approximate surface area is 171 Å². The van der Waals surface area contributed by atoms with Gasteiger partial charge in [-0.15, -0.1) is 0 Å². The summed E-state index contributed by atoms with van der Waals surface area (Å²) in [5.74, 6) is -0.416. The fourth-order valence-corrected chi connectivity index (χ4v) is 4.82. The molecular formula is C19H20ClIN4O. The van der Waals surface area contributed by atoms with E-state index in [9.17, 15) is 4.79 Å². The van der Waals surface area contributed by atoms with Gasteiger partial charge in [-0.05, 0) is 90.4 Å². The SMILES string of the molecule is Cc1cc(-c2c(I)ccc(C(N)=O)c2N2CCC3(CC2)CC3)nc(Cl)n1. The Kier molecular flexibility index (Phi) is 4.59. The standard InChI is InChI=1S/C19H20ClIN4O/c1-11-10-14(24-18(20)23-11)15-13(21)3-2-12(17(22)26)16(15)25-8-6-19(4-5-19)7-9-25/h2-3,10H,4-9H2,1H3,(H2,22,26). The second-order valence-corrected chi connectivity index (χ2v) is 8.83. The molecule has 2 heterocycles. The highest BCUT2D eigenvalue weighted by atomic mass is 127. The van der Waals surface area contributed by atoms with Crippen LogP contribution in [0.2, 0.25) is 5.28 Å². The number of carbonyl (C=O) groups is 1. The maximum atomic E-state index is 12.2. The van der Waals surface area contributed by atoms with Crippen molar-refractivity contribution in [1.82, 2.24) is 9.97 Å². The van der Waals surface area contributed by atoms with E-state index in [1.54, 1.807) is 0 Å². The molecule has 26 heavy (non-hydrogen) atoms. The number of benzene rings is 1. The van der Waals surface area contributed by atoms with Crippen LogP contribution >= 0.6 is 34.2 Å². The summed E-state index contributed by atoms with van der Waals surface area (Å²) in [6, 6.07) is 5.64. The molecule has 2 fully saturated rings. The lowest BCUT2D eigenvalue weighted by Gasteiger charge is -2.36. The summed E-state index contributed by atoms with van der Waals surface area (Å²) in [6.07, 6.45) is 5.01. The van der Waals surface area contributed by atoms with Crippen LogP contribution in [0.3, 0.4) is 0 Å². The van der Waals surface area contributed by atoms with Gasteiger partial charge in [-0.25, -0.2) is 9.97 Å². The van der Waals surface area contributed by atoms with Crippen LogP contribution in [0, 0.1) is 15.9 Å². The summed E-state index contributed by atoms with van der Waals surface area (Å²) in [6.45, 7) is 3.76. The molecule has 0 unspecified atom stereocenters.